The Bertz CT molecular complexity index is 469. The number of hydrogen-bond donors (Lipinski definition) is 1. The molecule has 0 aliphatic heterocycles. The highest BCUT2D eigenvalue weighted by atomic mass is 15.3. The van der Waals surface area contributed by atoms with Gasteiger partial charge in [-0.05, 0) is 5.92 Å². The Kier molecular flexibility index (Phi) is 3.46. The molecule has 0 atom stereocenters. The zero-order valence-corrected chi connectivity index (χ0v) is 10.6. The van der Waals surface area contributed by atoms with Crippen molar-refractivity contribution >= 4 is 5.82 Å². The Morgan fingerprint density at radius 3 is 2.82 bits per heavy atom. The van der Waals surface area contributed by atoms with Crippen molar-refractivity contribution in [1.29, 1.82) is 0 Å². The highest BCUT2D eigenvalue weighted by Crippen LogP contribution is 2.10. The van der Waals surface area contributed by atoms with Crippen molar-refractivity contribution in [2.45, 2.75) is 26.9 Å². The van der Waals surface area contributed by atoms with Gasteiger partial charge in [-0.1, -0.05) is 13.8 Å². The normalized spacial score (nSPS) is 11.1. The first-order valence-corrected chi connectivity index (χ1v) is 5.88. The molecule has 0 radical (unpaired) electrons. The molecule has 2 heterocycles. The van der Waals surface area contributed by atoms with E-state index in [-0.39, 0.29) is 0 Å². The molecule has 0 spiro atoms. The van der Waals surface area contributed by atoms with E-state index in [0.29, 0.717) is 12.5 Å². The van der Waals surface area contributed by atoms with Crippen molar-refractivity contribution in [2.24, 2.45) is 13.0 Å². The summed E-state index contributed by atoms with van der Waals surface area (Å²) in [7, 11) is 2.00. The maximum atomic E-state index is 4.31. The molecule has 0 aliphatic carbocycles. The Balaban J connectivity index is 1.99. The summed E-state index contributed by atoms with van der Waals surface area (Å²) in [4.78, 5) is 4.28. The van der Waals surface area contributed by atoms with Gasteiger partial charge in [0.05, 0.1) is 12.7 Å². The third-order valence-electron chi connectivity index (χ3n) is 2.60. The second kappa shape index (κ2) is 5.03. The molecule has 0 saturated heterocycles. The van der Waals surface area contributed by atoms with E-state index in [0.717, 1.165) is 18.2 Å². The lowest BCUT2D eigenvalue weighted by Gasteiger charge is -2.11. The van der Waals surface area contributed by atoms with Crippen LogP contribution in [0.2, 0.25) is 0 Å². The molecule has 0 unspecified atom stereocenters. The Morgan fingerprint density at radius 1 is 1.35 bits per heavy atom. The van der Waals surface area contributed by atoms with Gasteiger partial charge in [-0.2, -0.15) is 5.10 Å². The lowest BCUT2D eigenvalue weighted by atomic mass is 10.2. The van der Waals surface area contributed by atoms with Crippen molar-refractivity contribution in [1.82, 2.24) is 19.3 Å². The summed E-state index contributed by atoms with van der Waals surface area (Å²) >= 11 is 0. The Labute approximate surface area is 101 Å². The second-order valence-corrected chi connectivity index (χ2v) is 4.60. The molecule has 0 aliphatic rings. The number of aryl methyl sites for hydroxylation is 1. The van der Waals surface area contributed by atoms with Gasteiger partial charge in [-0.25, -0.2) is 9.67 Å². The molecule has 0 aromatic carbocycles. The molecule has 0 saturated carbocycles. The van der Waals surface area contributed by atoms with Crippen LogP contribution in [-0.2, 0) is 20.1 Å². The van der Waals surface area contributed by atoms with Gasteiger partial charge in [0, 0.05) is 32.1 Å². The summed E-state index contributed by atoms with van der Waals surface area (Å²) in [5, 5.41) is 7.66. The van der Waals surface area contributed by atoms with Gasteiger partial charge in [0.1, 0.15) is 11.6 Å². The van der Waals surface area contributed by atoms with Gasteiger partial charge >= 0.3 is 0 Å². The third-order valence-corrected chi connectivity index (χ3v) is 2.60. The van der Waals surface area contributed by atoms with Crippen molar-refractivity contribution in [2.75, 3.05) is 5.32 Å². The molecule has 17 heavy (non-hydrogen) atoms. The molecule has 2 rings (SSSR count). The average Bonchev–Trinajstić information content (AvgIpc) is 2.84. The van der Waals surface area contributed by atoms with E-state index in [1.807, 2.05) is 41.0 Å². The van der Waals surface area contributed by atoms with Crippen LogP contribution in [-0.4, -0.2) is 19.3 Å². The van der Waals surface area contributed by atoms with Crippen LogP contribution < -0.4 is 5.32 Å². The lowest BCUT2D eigenvalue weighted by molar-refractivity contribution is 0.486. The monoisotopic (exact) mass is 233 g/mol. The quantitative estimate of drug-likeness (QED) is 0.857. The molecule has 0 amide bonds. The van der Waals surface area contributed by atoms with Crippen LogP contribution >= 0.6 is 0 Å². The van der Waals surface area contributed by atoms with Crippen LogP contribution in [0.5, 0.6) is 0 Å². The molecule has 0 bridgehead atoms. The van der Waals surface area contributed by atoms with Crippen molar-refractivity contribution in [3.63, 3.8) is 0 Å². The van der Waals surface area contributed by atoms with Crippen LogP contribution in [0.15, 0.2) is 24.7 Å². The highest BCUT2D eigenvalue weighted by Gasteiger charge is 2.05. The van der Waals surface area contributed by atoms with E-state index in [4.69, 9.17) is 0 Å². The Hall–Kier alpha value is -1.78. The van der Waals surface area contributed by atoms with Gasteiger partial charge in [0.15, 0.2) is 0 Å². The molecule has 5 nitrogen and oxygen atoms in total. The van der Waals surface area contributed by atoms with Gasteiger partial charge in [-0.3, -0.25) is 0 Å². The minimum absolute atomic E-state index is 0.587. The fourth-order valence-corrected chi connectivity index (χ4v) is 1.71. The maximum absolute atomic E-state index is 4.31. The fourth-order valence-electron chi connectivity index (χ4n) is 1.71. The molecule has 2 aromatic rings. The topological polar surface area (TPSA) is 47.7 Å². The number of aromatic nitrogens is 4. The largest absolute Gasteiger partial charge is 0.363 e. The number of rotatable bonds is 5. The van der Waals surface area contributed by atoms with Crippen molar-refractivity contribution < 1.29 is 0 Å². The van der Waals surface area contributed by atoms with Crippen LogP contribution in [0.25, 0.3) is 0 Å². The van der Waals surface area contributed by atoms with Crippen LogP contribution in [0.4, 0.5) is 5.82 Å². The Morgan fingerprint density at radius 2 is 2.18 bits per heavy atom. The van der Waals surface area contributed by atoms with Gasteiger partial charge < -0.3 is 9.88 Å². The fraction of sp³-hybridized carbons (Fsp3) is 0.500. The molecule has 5 heteroatoms. The number of imidazole rings is 1. The second-order valence-electron chi connectivity index (χ2n) is 4.60. The summed E-state index contributed by atoms with van der Waals surface area (Å²) < 4.78 is 4.00. The van der Waals surface area contributed by atoms with Crippen molar-refractivity contribution in [3.05, 3.63) is 30.5 Å². The third kappa shape index (κ3) is 2.87. The molecule has 1 N–H and O–H groups in total. The summed E-state index contributed by atoms with van der Waals surface area (Å²) in [6, 6.07) is 1.99. The van der Waals surface area contributed by atoms with E-state index in [9.17, 15) is 0 Å². The average molecular weight is 233 g/mol. The van der Waals surface area contributed by atoms with E-state index in [1.165, 1.54) is 0 Å². The molecule has 2 aromatic heterocycles. The first kappa shape index (κ1) is 11.7. The van der Waals surface area contributed by atoms with Crippen LogP contribution in [0.1, 0.15) is 19.7 Å². The summed E-state index contributed by atoms with van der Waals surface area (Å²) in [6.45, 7) is 6.01. The minimum Gasteiger partial charge on any atom is -0.363 e. The van der Waals surface area contributed by atoms with Crippen LogP contribution in [0.3, 0.4) is 0 Å². The number of hydrogen-bond acceptors (Lipinski definition) is 3. The molecule has 0 fully saturated rings. The first-order chi connectivity index (χ1) is 8.16. The zero-order chi connectivity index (χ0) is 12.3. The lowest BCUT2D eigenvalue weighted by Crippen LogP contribution is -2.12. The number of anilines is 1. The standard InChI is InChI=1S/C12H19N5/c1-10(2)9-17-11(4-5-15-17)14-8-12-13-6-7-16(12)3/h4-7,10,14H,8-9H2,1-3H3. The number of nitrogens with one attached hydrogen (secondary N) is 1. The van der Waals surface area contributed by atoms with E-state index in [2.05, 4.69) is 29.2 Å². The first-order valence-electron chi connectivity index (χ1n) is 5.88. The summed E-state index contributed by atoms with van der Waals surface area (Å²) in [6.07, 6.45) is 5.58. The summed E-state index contributed by atoms with van der Waals surface area (Å²) in [5.41, 5.74) is 0. The predicted octanol–water partition coefficient (Wildman–Crippen LogP) is 1.88. The van der Waals surface area contributed by atoms with Gasteiger partial charge in [0.25, 0.3) is 0 Å². The minimum atomic E-state index is 0.587. The highest BCUT2D eigenvalue weighted by molar-refractivity contribution is 5.34. The van der Waals surface area contributed by atoms with Gasteiger partial charge in [0.2, 0.25) is 0 Å². The van der Waals surface area contributed by atoms with Crippen molar-refractivity contribution in [3.8, 4) is 0 Å². The predicted molar refractivity (Wildman–Crippen MR) is 67.6 cm³/mol. The van der Waals surface area contributed by atoms with E-state index >= 15 is 0 Å². The molecular weight excluding hydrogens is 214 g/mol. The van der Waals surface area contributed by atoms with E-state index < -0.39 is 0 Å². The molecule has 92 valence electrons. The van der Waals surface area contributed by atoms with Crippen LogP contribution in [0, 0.1) is 5.92 Å². The number of nitrogens with zero attached hydrogens (tertiary/aromatic N) is 4. The smallest absolute Gasteiger partial charge is 0.127 e. The summed E-state index contributed by atoms with van der Waals surface area (Å²) in [5.74, 6) is 2.65. The molecular formula is C12H19N5. The van der Waals surface area contributed by atoms with Gasteiger partial charge in [-0.15, -0.1) is 0 Å². The van der Waals surface area contributed by atoms with E-state index in [1.54, 1.807) is 0 Å². The zero-order valence-electron chi connectivity index (χ0n) is 10.6. The maximum Gasteiger partial charge on any atom is 0.127 e. The SMILES string of the molecule is CC(C)Cn1nccc1NCc1nccn1C.